The highest BCUT2D eigenvalue weighted by Gasteiger charge is 2.40. The summed E-state index contributed by atoms with van der Waals surface area (Å²) < 4.78 is 9.81. The number of carbonyl (C=O) groups is 3. The van der Waals surface area contributed by atoms with Crippen molar-refractivity contribution in [1.82, 2.24) is 5.16 Å². The number of methoxy groups -OCH3 is 1. The third kappa shape index (κ3) is 4.56. The average Bonchev–Trinajstić information content (AvgIpc) is 3.47. The molecule has 0 aliphatic carbocycles. The molecule has 0 unspecified atom stereocenters. The summed E-state index contributed by atoms with van der Waals surface area (Å²) >= 11 is 1.22. The van der Waals surface area contributed by atoms with Gasteiger partial charge in [0.15, 0.2) is 18.9 Å². The Morgan fingerprint density at radius 3 is 2.34 bits per heavy atom. The summed E-state index contributed by atoms with van der Waals surface area (Å²) in [4.78, 5) is 38.3. The van der Waals surface area contributed by atoms with Gasteiger partial charge < -0.3 is 24.4 Å². The molecule has 1 aliphatic rings. The summed E-state index contributed by atoms with van der Waals surface area (Å²) in [5.41, 5.74) is 3.45. The highest BCUT2D eigenvalue weighted by molar-refractivity contribution is 7.12. The van der Waals surface area contributed by atoms with Gasteiger partial charge >= 0.3 is 5.97 Å². The zero-order valence-corrected chi connectivity index (χ0v) is 18.5. The van der Waals surface area contributed by atoms with E-state index in [0.717, 1.165) is 16.7 Å². The molecule has 2 N–H and O–H groups in total. The van der Waals surface area contributed by atoms with E-state index in [1.807, 2.05) is 31.2 Å². The number of aryl methyl sites for hydroxylation is 1. The van der Waals surface area contributed by atoms with E-state index < -0.39 is 5.97 Å². The van der Waals surface area contributed by atoms with E-state index in [1.54, 1.807) is 11.4 Å². The lowest BCUT2D eigenvalue weighted by atomic mass is 10.1. The molecule has 2 amide bonds. The minimum atomic E-state index is -0.497. The largest absolute Gasteiger partial charge is 0.465 e. The van der Waals surface area contributed by atoms with E-state index in [2.05, 4.69) is 15.8 Å². The molecule has 4 rings (SSSR count). The van der Waals surface area contributed by atoms with Crippen LogP contribution in [0.25, 0.3) is 0 Å². The molecule has 32 heavy (non-hydrogen) atoms. The van der Waals surface area contributed by atoms with Gasteiger partial charge in [0.25, 0.3) is 11.8 Å². The molecule has 0 bridgehead atoms. The number of anilines is 2. The molecule has 10 heteroatoms. The van der Waals surface area contributed by atoms with Gasteiger partial charge in [-0.3, -0.25) is 9.59 Å². The van der Waals surface area contributed by atoms with Crippen LogP contribution >= 0.6 is 11.3 Å². The summed E-state index contributed by atoms with van der Waals surface area (Å²) in [6, 6.07) is 9.49. The smallest absolute Gasteiger partial charge is 0.350 e. The number of thiophene rings is 1. The normalized spacial score (nSPS) is 13.9. The fourth-order valence-electron chi connectivity index (χ4n) is 4.01. The van der Waals surface area contributed by atoms with Crippen LogP contribution in [0.3, 0.4) is 0 Å². The van der Waals surface area contributed by atoms with Crippen molar-refractivity contribution in [3.8, 4) is 0 Å². The van der Waals surface area contributed by atoms with Crippen molar-refractivity contribution in [1.29, 1.82) is 0 Å². The molecule has 166 valence electrons. The van der Waals surface area contributed by atoms with Crippen LogP contribution in [0.5, 0.6) is 0 Å². The number of esters is 1. The summed E-state index contributed by atoms with van der Waals surface area (Å²) in [7, 11) is 1.30. The highest BCUT2D eigenvalue weighted by Crippen LogP contribution is 2.32. The number of nitrogens with one attached hydrogen (secondary N) is 2. The molecule has 1 aromatic carbocycles. The summed E-state index contributed by atoms with van der Waals surface area (Å²) in [5, 5.41) is 11.1. The number of fused-ring (bicyclic) bond motifs is 1. The van der Waals surface area contributed by atoms with E-state index in [1.165, 1.54) is 24.7 Å². The Morgan fingerprint density at radius 1 is 1.09 bits per heavy atom. The van der Waals surface area contributed by atoms with E-state index in [0.29, 0.717) is 29.5 Å². The predicted molar refractivity (Wildman–Crippen MR) is 118 cm³/mol. The monoisotopic (exact) mass is 455 g/mol. The first-order chi connectivity index (χ1) is 15.4. The predicted octanol–water partition coefficient (Wildman–Crippen LogP) is 2.94. The van der Waals surface area contributed by atoms with Crippen molar-refractivity contribution in [2.45, 2.75) is 20.0 Å². The van der Waals surface area contributed by atoms with Crippen molar-refractivity contribution in [3.63, 3.8) is 0 Å². The molecule has 0 saturated heterocycles. The Kier molecular flexibility index (Phi) is 6.06. The van der Waals surface area contributed by atoms with E-state index in [-0.39, 0.29) is 29.4 Å². The van der Waals surface area contributed by atoms with E-state index >= 15 is 0 Å². The van der Waals surface area contributed by atoms with Crippen molar-refractivity contribution in [3.05, 3.63) is 63.5 Å². The van der Waals surface area contributed by atoms with Crippen LogP contribution in [0.15, 0.2) is 46.5 Å². The van der Waals surface area contributed by atoms with Crippen molar-refractivity contribution < 1.29 is 28.1 Å². The molecule has 0 spiro atoms. The third-order valence-corrected chi connectivity index (χ3v) is 6.48. The van der Waals surface area contributed by atoms with Gasteiger partial charge in [-0.15, -0.1) is 11.3 Å². The van der Waals surface area contributed by atoms with Crippen LogP contribution in [0.1, 0.15) is 26.4 Å². The minimum Gasteiger partial charge on any atom is -0.465 e. The Bertz CT molecular complexity index is 1130. The number of benzene rings is 1. The molecule has 2 aromatic heterocycles. The average molecular weight is 456 g/mol. The first-order valence-electron chi connectivity index (χ1n) is 9.97. The molecule has 3 heterocycles. The lowest BCUT2D eigenvalue weighted by Gasteiger charge is -2.32. The van der Waals surface area contributed by atoms with Gasteiger partial charge in [0, 0.05) is 17.2 Å². The molecule has 1 aliphatic heterocycles. The van der Waals surface area contributed by atoms with Crippen LogP contribution in [0.2, 0.25) is 0 Å². The van der Waals surface area contributed by atoms with Crippen LogP contribution in [0.4, 0.5) is 11.5 Å². The molecule has 9 nitrogen and oxygen atoms in total. The van der Waals surface area contributed by atoms with E-state index in [9.17, 15) is 14.4 Å². The maximum Gasteiger partial charge on any atom is 0.350 e. The Labute approximate surface area is 188 Å². The molecule has 0 atom stereocenters. The molecular weight excluding hydrogens is 432 g/mol. The number of amides is 2. The summed E-state index contributed by atoms with van der Waals surface area (Å²) in [6.45, 7) is 3.06. The van der Waals surface area contributed by atoms with Gasteiger partial charge in [-0.2, -0.15) is 0 Å². The maximum absolute atomic E-state index is 13.1. The third-order valence-electron chi connectivity index (χ3n) is 5.40. The zero-order chi connectivity index (χ0) is 22.7. The number of hydrogen-bond acceptors (Lipinski definition) is 7. The second kappa shape index (κ2) is 8.93. The zero-order valence-electron chi connectivity index (χ0n) is 17.7. The first kappa shape index (κ1) is 21.7. The number of carbonyl (C=O) groups excluding carboxylic acids is 3. The first-order valence-corrected chi connectivity index (χ1v) is 10.9. The number of quaternary nitrogens is 1. The van der Waals surface area contributed by atoms with Crippen LogP contribution in [-0.4, -0.2) is 47.6 Å². The molecular formula is C22H23N4O5S+. The second-order valence-electron chi connectivity index (χ2n) is 7.84. The molecule has 3 aromatic rings. The minimum absolute atomic E-state index is 0.0663. The van der Waals surface area contributed by atoms with Gasteiger partial charge in [0.2, 0.25) is 0 Å². The fraction of sp³-hybridized carbons (Fsp3) is 0.273. The lowest BCUT2D eigenvalue weighted by Crippen LogP contribution is -2.52. The standard InChI is InChI=1S/C22H22N4O5S/c1-14-13-32-21(22(29)30-2)20(14)24-19(28)12-26(9-15-5-3-4-6-16(15)10-26)11-18(27)23-17-7-8-31-25-17/h3-8,13H,9-12H2,1-2H3,(H-,23,24,25,27,28,29)/p+1. The van der Waals surface area contributed by atoms with Crippen LogP contribution < -0.4 is 10.6 Å². The van der Waals surface area contributed by atoms with Gasteiger partial charge in [0.1, 0.15) is 24.2 Å². The van der Waals surface area contributed by atoms with Crippen molar-refractivity contribution in [2.75, 3.05) is 30.8 Å². The van der Waals surface area contributed by atoms with Crippen molar-refractivity contribution in [2.24, 2.45) is 0 Å². The Morgan fingerprint density at radius 2 is 1.75 bits per heavy atom. The van der Waals surface area contributed by atoms with E-state index in [4.69, 9.17) is 9.26 Å². The number of aromatic nitrogens is 1. The number of ether oxygens (including phenoxy) is 1. The topological polar surface area (TPSA) is 111 Å². The lowest BCUT2D eigenvalue weighted by molar-refractivity contribution is -0.932. The molecule has 0 saturated carbocycles. The molecule has 0 radical (unpaired) electrons. The number of nitrogens with zero attached hydrogens (tertiary/aromatic N) is 2. The van der Waals surface area contributed by atoms with Gasteiger partial charge in [0.05, 0.1) is 12.8 Å². The quantitative estimate of drug-likeness (QED) is 0.419. The molecule has 0 fully saturated rings. The Balaban J connectivity index is 1.54. The number of hydrogen-bond donors (Lipinski definition) is 2. The van der Waals surface area contributed by atoms with Crippen LogP contribution in [-0.2, 0) is 27.4 Å². The Hall–Kier alpha value is -3.50. The maximum atomic E-state index is 13.1. The van der Waals surface area contributed by atoms with Crippen molar-refractivity contribution >= 4 is 40.6 Å². The summed E-state index contributed by atoms with van der Waals surface area (Å²) in [5.74, 6) is -0.714. The van der Waals surface area contributed by atoms with Gasteiger partial charge in [-0.1, -0.05) is 29.4 Å². The second-order valence-corrected chi connectivity index (χ2v) is 8.72. The SMILES string of the molecule is COC(=O)c1scc(C)c1NC(=O)C[N+]1(CC(=O)Nc2ccon2)Cc2ccccc2C1. The van der Waals surface area contributed by atoms with Gasteiger partial charge in [-0.05, 0) is 17.9 Å². The fourth-order valence-corrected chi connectivity index (χ4v) is 4.94. The number of rotatable bonds is 7. The summed E-state index contributed by atoms with van der Waals surface area (Å²) in [6.07, 6.45) is 1.38. The highest BCUT2D eigenvalue weighted by atomic mass is 32.1. The van der Waals surface area contributed by atoms with Gasteiger partial charge in [-0.25, -0.2) is 4.79 Å². The van der Waals surface area contributed by atoms with Crippen LogP contribution in [0, 0.1) is 6.92 Å².